The minimum atomic E-state index is 0.556. The first-order valence-electron chi connectivity index (χ1n) is 8.11. The molecule has 4 nitrogen and oxygen atoms in total. The molecule has 0 saturated heterocycles. The van der Waals surface area contributed by atoms with E-state index in [9.17, 15) is 0 Å². The van der Waals surface area contributed by atoms with Crippen molar-refractivity contribution in [2.24, 2.45) is 0 Å². The van der Waals surface area contributed by atoms with Crippen LogP contribution in [0.2, 0.25) is 0 Å². The Hall–Kier alpha value is -0.550. The molecule has 0 aliphatic heterocycles. The second-order valence-electron chi connectivity index (χ2n) is 6.20. The van der Waals surface area contributed by atoms with Gasteiger partial charge in [0.2, 0.25) is 0 Å². The summed E-state index contributed by atoms with van der Waals surface area (Å²) in [5.74, 6) is 1.97. The first-order chi connectivity index (χ1) is 9.79. The molecule has 1 unspecified atom stereocenters. The van der Waals surface area contributed by atoms with Gasteiger partial charge in [-0.05, 0) is 38.6 Å². The maximum atomic E-state index is 4.47. The zero-order valence-electron chi connectivity index (χ0n) is 12.6. The first kappa shape index (κ1) is 14.4. The van der Waals surface area contributed by atoms with Crippen molar-refractivity contribution in [1.82, 2.24) is 20.1 Å². The number of unbranched alkanes of at least 4 members (excludes halogenated alkanes) is 1. The van der Waals surface area contributed by atoms with Crippen LogP contribution in [0.1, 0.15) is 70.2 Å². The van der Waals surface area contributed by atoms with Crippen LogP contribution in [0.25, 0.3) is 0 Å². The molecule has 0 radical (unpaired) electrons. The first-order valence-corrected chi connectivity index (χ1v) is 8.99. The summed E-state index contributed by atoms with van der Waals surface area (Å²) < 4.78 is 2.45. The van der Waals surface area contributed by atoms with Gasteiger partial charge in [-0.3, -0.25) is 0 Å². The molecule has 0 amide bonds. The van der Waals surface area contributed by atoms with Crippen molar-refractivity contribution < 1.29 is 0 Å². The van der Waals surface area contributed by atoms with E-state index in [1.807, 2.05) is 11.8 Å². The minimum Gasteiger partial charge on any atom is -0.316 e. The van der Waals surface area contributed by atoms with Crippen LogP contribution in [0.4, 0.5) is 0 Å². The third kappa shape index (κ3) is 3.55. The summed E-state index contributed by atoms with van der Waals surface area (Å²) in [5, 5.41) is 14.2. The summed E-state index contributed by atoms with van der Waals surface area (Å²) in [5.41, 5.74) is 0. The monoisotopic (exact) mass is 294 g/mol. The highest BCUT2D eigenvalue weighted by atomic mass is 32.2. The van der Waals surface area contributed by atoms with E-state index in [-0.39, 0.29) is 0 Å². The number of rotatable bonds is 9. The normalized spacial score (nSPS) is 20.3. The molecule has 0 bridgehead atoms. The number of nitrogens with one attached hydrogen (secondary N) is 1. The number of thioether (sulfide) groups is 1. The number of nitrogens with zero attached hydrogens (tertiary/aromatic N) is 3. The van der Waals surface area contributed by atoms with Gasteiger partial charge in [0.05, 0.1) is 0 Å². The molecule has 112 valence electrons. The molecule has 1 atom stereocenters. The van der Waals surface area contributed by atoms with E-state index in [2.05, 4.69) is 33.9 Å². The lowest BCUT2D eigenvalue weighted by Crippen LogP contribution is -2.24. The fraction of sp³-hybridized carbons (Fsp3) is 0.867. The average molecular weight is 294 g/mol. The second kappa shape index (κ2) is 6.48. The molecule has 0 spiro atoms. The van der Waals surface area contributed by atoms with Crippen LogP contribution in [0.15, 0.2) is 5.16 Å². The van der Waals surface area contributed by atoms with Crippen LogP contribution in [0, 0.1) is 0 Å². The van der Waals surface area contributed by atoms with Gasteiger partial charge in [-0.1, -0.05) is 32.0 Å². The third-order valence-corrected chi connectivity index (χ3v) is 5.05. The lowest BCUT2D eigenvalue weighted by Gasteiger charge is -2.13. The van der Waals surface area contributed by atoms with Gasteiger partial charge < -0.3 is 9.88 Å². The Morgan fingerprint density at radius 2 is 2.10 bits per heavy atom. The Kier molecular flexibility index (Phi) is 4.66. The Morgan fingerprint density at radius 3 is 2.75 bits per heavy atom. The molecule has 20 heavy (non-hydrogen) atoms. The van der Waals surface area contributed by atoms with E-state index in [1.54, 1.807) is 0 Å². The van der Waals surface area contributed by atoms with E-state index in [4.69, 9.17) is 0 Å². The van der Waals surface area contributed by atoms with Gasteiger partial charge in [0.15, 0.2) is 5.16 Å². The SMILES string of the molecule is CCCCNCC(C)Sc1nnc(C2CC2)n1C1CC1. The Balaban J connectivity index is 1.56. The standard InChI is InChI=1S/C15H26N4S/c1-3-4-9-16-10-11(2)20-15-18-17-14(12-5-6-12)19(15)13-7-8-13/h11-13,16H,3-10H2,1-2H3. The maximum Gasteiger partial charge on any atom is 0.191 e. The van der Waals surface area contributed by atoms with E-state index >= 15 is 0 Å². The van der Waals surface area contributed by atoms with Gasteiger partial charge in [0, 0.05) is 23.8 Å². The van der Waals surface area contributed by atoms with Gasteiger partial charge in [-0.2, -0.15) is 0 Å². The summed E-state index contributed by atoms with van der Waals surface area (Å²) in [6.45, 7) is 6.70. The number of hydrogen-bond acceptors (Lipinski definition) is 4. The fourth-order valence-electron chi connectivity index (χ4n) is 2.49. The van der Waals surface area contributed by atoms with Crippen molar-refractivity contribution in [3.05, 3.63) is 5.82 Å². The third-order valence-electron chi connectivity index (χ3n) is 3.99. The molecule has 2 aliphatic carbocycles. The molecule has 3 rings (SSSR count). The van der Waals surface area contributed by atoms with Gasteiger partial charge in [0.1, 0.15) is 5.82 Å². The lowest BCUT2D eigenvalue weighted by atomic mass is 10.3. The van der Waals surface area contributed by atoms with Crippen LogP contribution < -0.4 is 5.32 Å². The van der Waals surface area contributed by atoms with E-state index in [0.29, 0.717) is 17.2 Å². The summed E-state index contributed by atoms with van der Waals surface area (Å²) in [4.78, 5) is 0. The van der Waals surface area contributed by atoms with Crippen LogP contribution in [0.5, 0.6) is 0 Å². The molecule has 2 aliphatic rings. The smallest absolute Gasteiger partial charge is 0.191 e. The van der Waals surface area contributed by atoms with E-state index in [1.165, 1.54) is 44.3 Å². The molecule has 0 aromatic carbocycles. The molecule has 1 aromatic heterocycles. The molecule has 5 heteroatoms. The largest absolute Gasteiger partial charge is 0.316 e. The highest BCUT2D eigenvalue weighted by Crippen LogP contribution is 2.46. The minimum absolute atomic E-state index is 0.556. The van der Waals surface area contributed by atoms with Crippen LogP contribution >= 0.6 is 11.8 Å². The van der Waals surface area contributed by atoms with Gasteiger partial charge in [0.25, 0.3) is 0 Å². The summed E-state index contributed by atoms with van der Waals surface area (Å²) >= 11 is 1.89. The summed E-state index contributed by atoms with van der Waals surface area (Å²) in [6, 6.07) is 0.698. The Bertz CT molecular complexity index is 437. The van der Waals surface area contributed by atoms with Crippen molar-refractivity contribution >= 4 is 11.8 Å². The van der Waals surface area contributed by atoms with Crippen LogP contribution in [-0.4, -0.2) is 33.1 Å². The second-order valence-corrected chi connectivity index (χ2v) is 7.61. The van der Waals surface area contributed by atoms with Crippen molar-refractivity contribution in [3.63, 3.8) is 0 Å². The predicted octanol–water partition coefficient (Wildman–Crippen LogP) is 3.36. The zero-order valence-corrected chi connectivity index (χ0v) is 13.5. The highest BCUT2D eigenvalue weighted by molar-refractivity contribution is 7.99. The van der Waals surface area contributed by atoms with Crippen LogP contribution in [-0.2, 0) is 0 Å². The van der Waals surface area contributed by atoms with E-state index in [0.717, 1.165) is 18.2 Å². The van der Waals surface area contributed by atoms with Gasteiger partial charge in [-0.15, -0.1) is 10.2 Å². The van der Waals surface area contributed by atoms with Crippen molar-refractivity contribution in [3.8, 4) is 0 Å². The molecular formula is C15H26N4S. The quantitative estimate of drug-likeness (QED) is 0.560. The summed E-state index contributed by atoms with van der Waals surface area (Å²) in [6.07, 6.45) is 7.77. The summed E-state index contributed by atoms with van der Waals surface area (Å²) in [7, 11) is 0. The topological polar surface area (TPSA) is 42.7 Å². The van der Waals surface area contributed by atoms with E-state index < -0.39 is 0 Å². The number of aromatic nitrogens is 3. The predicted molar refractivity (Wildman–Crippen MR) is 83.4 cm³/mol. The molecule has 1 N–H and O–H groups in total. The molecule has 2 fully saturated rings. The molecule has 1 heterocycles. The molecular weight excluding hydrogens is 268 g/mol. The Morgan fingerprint density at radius 1 is 1.30 bits per heavy atom. The maximum absolute atomic E-state index is 4.47. The lowest BCUT2D eigenvalue weighted by molar-refractivity contribution is 0.618. The fourth-order valence-corrected chi connectivity index (χ4v) is 3.50. The zero-order chi connectivity index (χ0) is 13.9. The van der Waals surface area contributed by atoms with Crippen molar-refractivity contribution in [2.45, 2.75) is 74.7 Å². The van der Waals surface area contributed by atoms with Crippen molar-refractivity contribution in [2.75, 3.05) is 13.1 Å². The van der Waals surface area contributed by atoms with Gasteiger partial charge in [-0.25, -0.2) is 0 Å². The van der Waals surface area contributed by atoms with Crippen molar-refractivity contribution in [1.29, 1.82) is 0 Å². The molecule has 2 saturated carbocycles. The van der Waals surface area contributed by atoms with Gasteiger partial charge >= 0.3 is 0 Å². The molecule has 1 aromatic rings. The average Bonchev–Trinajstić information content (AvgIpc) is 3.34. The number of hydrogen-bond donors (Lipinski definition) is 1. The Labute approximate surface area is 126 Å². The highest BCUT2D eigenvalue weighted by Gasteiger charge is 2.36. The van der Waals surface area contributed by atoms with Crippen LogP contribution in [0.3, 0.4) is 0 Å².